The minimum Gasteiger partial charge on any atom is -0.394 e. The number of aliphatic hydroxyl groups excluding tert-OH is 1. The van der Waals surface area contributed by atoms with E-state index in [1.54, 1.807) is 12.1 Å². The molecule has 2 N–H and O–H groups in total. The van der Waals surface area contributed by atoms with E-state index in [-0.39, 0.29) is 24.0 Å². The molecule has 1 unspecified atom stereocenters. The first-order valence-electron chi connectivity index (χ1n) is 6.58. The van der Waals surface area contributed by atoms with Crippen molar-refractivity contribution in [3.63, 3.8) is 0 Å². The molecule has 19 heavy (non-hydrogen) atoms. The van der Waals surface area contributed by atoms with Crippen LogP contribution in [-0.2, 0) is 5.41 Å². The summed E-state index contributed by atoms with van der Waals surface area (Å²) in [5.74, 6) is -0.186. The fourth-order valence-electron chi connectivity index (χ4n) is 2.08. The van der Waals surface area contributed by atoms with Crippen LogP contribution in [0.2, 0.25) is 0 Å². The van der Waals surface area contributed by atoms with E-state index in [2.05, 4.69) is 11.4 Å². The number of nitrogens with one attached hydrogen (secondary N) is 1. The average Bonchev–Trinajstić information content (AvgIpc) is 3.26. The van der Waals surface area contributed by atoms with Crippen molar-refractivity contribution in [1.82, 2.24) is 5.32 Å². The lowest BCUT2D eigenvalue weighted by Gasteiger charge is -2.14. The summed E-state index contributed by atoms with van der Waals surface area (Å²) in [5, 5.41) is 20.9. The van der Waals surface area contributed by atoms with Crippen molar-refractivity contribution in [2.45, 2.75) is 37.6 Å². The van der Waals surface area contributed by atoms with Gasteiger partial charge in [-0.15, -0.1) is 0 Å². The van der Waals surface area contributed by atoms with Crippen molar-refractivity contribution in [1.29, 1.82) is 5.26 Å². The lowest BCUT2D eigenvalue weighted by atomic mass is 9.96. The van der Waals surface area contributed by atoms with Crippen LogP contribution in [0, 0.1) is 11.3 Å². The fourth-order valence-corrected chi connectivity index (χ4v) is 2.08. The Morgan fingerprint density at radius 1 is 1.47 bits per heavy atom. The summed E-state index contributed by atoms with van der Waals surface area (Å²) in [6.45, 7) is 1.85. The molecule has 1 aromatic carbocycles. The number of benzene rings is 1. The standard InChI is InChI=1S/C15H18N2O2/c1-2-13(9-18)17-14(19)11-3-5-12(6-4-11)15(10-16)7-8-15/h3-6,13,18H,2,7-9H2,1H3,(H,17,19). The molecule has 1 aliphatic rings. The zero-order valence-electron chi connectivity index (χ0n) is 11.0. The Labute approximate surface area is 113 Å². The summed E-state index contributed by atoms with van der Waals surface area (Å²) < 4.78 is 0. The first kappa shape index (κ1) is 13.6. The average molecular weight is 258 g/mol. The first-order valence-corrected chi connectivity index (χ1v) is 6.58. The molecule has 1 saturated carbocycles. The summed E-state index contributed by atoms with van der Waals surface area (Å²) in [6, 6.07) is 9.32. The SMILES string of the molecule is CCC(CO)NC(=O)c1ccc(C2(C#N)CC2)cc1. The number of nitrogens with zero attached hydrogens (tertiary/aromatic N) is 1. The number of carbonyl (C=O) groups excluding carboxylic acids is 1. The summed E-state index contributed by atoms with van der Waals surface area (Å²) in [7, 11) is 0. The molecular formula is C15H18N2O2. The van der Waals surface area contributed by atoms with Crippen molar-refractivity contribution in [2.75, 3.05) is 6.61 Å². The Morgan fingerprint density at radius 3 is 2.53 bits per heavy atom. The monoisotopic (exact) mass is 258 g/mol. The third-order valence-electron chi connectivity index (χ3n) is 3.71. The Kier molecular flexibility index (Phi) is 3.87. The molecule has 1 aromatic rings. The minimum atomic E-state index is -0.313. The van der Waals surface area contributed by atoms with Gasteiger partial charge in [0.15, 0.2) is 0 Å². The molecule has 1 atom stereocenters. The highest BCUT2D eigenvalue weighted by molar-refractivity contribution is 5.94. The highest BCUT2D eigenvalue weighted by atomic mass is 16.3. The largest absolute Gasteiger partial charge is 0.394 e. The summed E-state index contributed by atoms with van der Waals surface area (Å²) in [6.07, 6.45) is 2.49. The predicted octanol–water partition coefficient (Wildman–Crippen LogP) is 1.74. The van der Waals surface area contributed by atoms with Crippen LogP contribution in [0.3, 0.4) is 0 Å². The zero-order valence-corrected chi connectivity index (χ0v) is 11.0. The maximum absolute atomic E-state index is 11.9. The molecule has 0 radical (unpaired) electrons. The van der Waals surface area contributed by atoms with Crippen LogP contribution in [-0.4, -0.2) is 23.7 Å². The quantitative estimate of drug-likeness (QED) is 0.845. The lowest BCUT2D eigenvalue weighted by molar-refractivity contribution is 0.0915. The van der Waals surface area contributed by atoms with Crippen LogP contribution in [0.1, 0.15) is 42.1 Å². The van der Waals surface area contributed by atoms with Gasteiger partial charge in [-0.05, 0) is 37.0 Å². The van der Waals surface area contributed by atoms with Crippen molar-refractivity contribution in [3.05, 3.63) is 35.4 Å². The van der Waals surface area contributed by atoms with Gasteiger partial charge in [-0.1, -0.05) is 19.1 Å². The second-order valence-corrected chi connectivity index (χ2v) is 5.03. The van der Waals surface area contributed by atoms with Gasteiger partial charge in [0, 0.05) is 5.56 Å². The topological polar surface area (TPSA) is 73.1 Å². The molecule has 4 nitrogen and oxygen atoms in total. The van der Waals surface area contributed by atoms with Crippen LogP contribution >= 0.6 is 0 Å². The van der Waals surface area contributed by atoms with E-state index in [9.17, 15) is 4.79 Å². The molecule has 0 bridgehead atoms. The van der Waals surface area contributed by atoms with Gasteiger partial charge in [0.25, 0.3) is 5.91 Å². The molecule has 0 heterocycles. The molecule has 0 saturated heterocycles. The first-order chi connectivity index (χ1) is 9.15. The zero-order chi connectivity index (χ0) is 13.9. The van der Waals surface area contributed by atoms with E-state index in [0.29, 0.717) is 12.0 Å². The Morgan fingerprint density at radius 2 is 2.11 bits per heavy atom. The Hall–Kier alpha value is -1.86. The lowest BCUT2D eigenvalue weighted by Crippen LogP contribution is -2.36. The van der Waals surface area contributed by atoms with Gasteiger partial charge >= 0.3 is 0 Å². The Balaban J connectivity index is 2.07. The third kappa shape index (κ3) is 2.77. The van der Waals surface area contributed by atoms with E-state index < -0.39 is 0 Å². The van der Waals surface area contributed by atoms with Crippen LogP contribution in [0.25, 0.3) is 0 Å². The van der Waals surface area contributed by atoms with Crippen molar-refractivity contribution in [3.8, 4) is 6.07 Å². The molecule has 2 rings (SSSR count). The fraction of sp³-hybridized carbons (Fsp3) is 0.467. The third-order valence-corrected chi connectivity index (χ3v) is 3.71. The molecule has 0 aliphatic heterocycles. The van der Waals surface area contributed by atoms with Gasteiger partial charge in [0.05, 0.1) is 24.1 Å². The molecule has 0 aromatic heterocycles. The summed E-state index contributed by atoms with van der Waals surface area (Å²) in [5.41, 5.74) is 1.23. The maximum Gasteiger partial charge on any atom is 0.251 e. The summed E-state index contributed by atoms with van der Waals surface area (Å²) in [4.78, 5) is 11.9. The van der Waals surface area contributed by atoms with Crippen molar-refractivity contribution < 1.29 is 9.90 Å². The van der Waals surface area contributed by atoms with E-state index in [1.165, 1.54) is 0 Å². The molecule has 0 spiro atoms. The van der Waals surface area contributed by atoms with E-state index in [0.717, 1.165) is 18.4 Å². The van der Waals surface area contributed by atoms with Gasteiger partial charge in [-0.2, -0.15) is 5.26 Å². The minimum absolute atomic E-state index is 0.0577. The number of hydrogen-bond acceptors (Lipinski definition) is 3. The maximum atomic E-state index is 11.9. The number of nitriles is 1. The number of rotatable bonds is 5. The molecule has 1 amide bonds. The normalized spacial score (nSPS) is 17.3. The van der Waals surface area contributed by atoms with E-state index in [1.807, 2.05) is 19.1 Å². The second kappa shape index (κ2) is 5.41. The Bertz CT molecular complexity index is 494. The predicted molar refractivity (Wildman–Crippen MR) is 71.6 cm³/mol. The number of carbonyl (C=O) groups is 1. The number of aliphatic hydroxyl groups is 1. The molecule has 4 heteroatoms. The summed E-state index contributed by atoms with van der Waals surface area (Å²) >= 11 is 0. The van der Waals surface area contributed by atoms with Crippen LogP contribution in [0.5, 0.6) is 0 Å². The van der Waals surface area contributed by atoms with Crippen molar-refractivity contribution in [2.24, 2.45) is 0 Å². The molecular weight excluding hydrogens is 240 g/mol. The van der Waals surface area contributed by atoms with Crippen molar-refractivity contribution >= 4 is 5.91 Å². The van der Waals surface area contributed by atoms with Gasteiger partial charge in [0.2, 0.25) is 0 Å². The van der Waals surface area contributed by atoms with Gasteiger partial charge in [-0.3, -0.25) is 4.79 Å². The number of hydrogen-bond donors (Lipinski definition) is 2. The van der Waals surface area contributed by atoms with E-state index >= 15 is 0 Å². The van der Waals surface area contributed by atoms with Crippen LogP contribution < -0.4 is 5.32 Å². The molecule has 100 valence electrons. The highest BCUT2D eigenvalue weighted by Gasteiger charge is 2.44. The second-order valence-electron chi connectivity index (χ2n) is 5.03. The van der Waals surface area contributed by atoms with Gasteiger partial charge < -0.3 is 10.4 Å². The van der Waals surface area contributed by atoms with Crippen LogP contribution in [0.4, 0.5) is 0 Å². The highest BCUT2D eigenvalue weighted by Crippen LogP contribution is 2.47. The number of amides is 1. The van der Waals surface area contributed by atoms with Crippen LogP contribution in [0.15, 0.2) is 24.3 Å². The molecule has 1 aliphatic carbocycles. The molecule has 1 fully saturated rings. The smallest absolute Gasteiger partial charge is 0.251 e. The van der Waals surface area contributed by atoms with Gasteiger partial charge in [0.1, 0.15) is 0 Å². The van der Waals surface area contributed by atoms with E-state index in [4.69, 9.17) is 10.4 Å². The van der Waals surface area contributed by atoms with Gasteiger partial charge in [-0.25, -0.2) is 0 Å².